The van der Waals surface area contributed by atoms with Crippen LogP contribution in [-0.4, -0.2) is 12.6 Å². The zero-order chi connectivity index (χ0) is 14.5. The van der Waals surface area contributed by atoms with Crippen molar-refractivity contribution in [3.8, 4) is 11.3 Å². The van der Waals surface area contributed by atoms with Crippen LogP contribution in [0.3, 0.4) is 0 Å². The minimum atomic E-state index is 0.398. The molecule has 0 aliphatic carbocycles. The molecule has 0 amide bonds. The largest absolute Gasteiger partial charge is 0.461 e. The Balaban J connectivity index is 2.08. The van der Waals surface area contributed by atoms with Gasteiger partial charge in [0.1, 0.15) is 11.5 Å². The summed E-state index contributed by atoms with van der Waals surface area (Å²) in [6.07, 6.45) is 2.00. The van der Waals surface area contributed by atoms with Crippen molar-refractivity contribution in [1.82, 2.24) is 5.32 Å². The maximum Gasteiger partial charge on any atom is 0.135 e. The van der Waals surface area contributed by atoms with Gasteiger partial charge in [0.25, 0.3) is 0 Å². The first-order valence-electron chi connectivity index (χ1n) is 6.87. The summed E-state index contributed by atoms with van der Waals surface area (Å²) >= 11 is 12.1. The summed E-state index contributed by atoms with van der Waals surface area (Å²) in [7, 11) is 0. The van der Waals surface area contributed by atoms with Crippen LogP contribution in [0.5, 0.6) is 0 Å². The first kappa shape index (κ1) is 15.4. The van der Waals surface area contributed by atoms with Crippen LogP contribution in [0.25, 0.3) is 11.3 Å². The third-order valence-corrected chi connectivity index (χ3v) is 3.66. The van der Waals surface area contributed by atoms with Crippen LogP contribution in [0.4, 0.5) is 0 Å². The molecule has 2 nitrogen and oxygen atoms in total. The highest BCUT2D eigenvalue weighted by Crippen LogP contribution is 2.31. The lowest BCUT2D eigenvalue weighted by Crippen LogP contribution is -2.28. The third-order valence-electron chi connectivity index (χ3n) is 3.11. The second-order valence-electron chi connectivity index (χ2n) is 4.95. The Morgan fingerprint density at radius 2 is 2.00 bits per heavy atom. The zero-order valence-corrected chi connectivity index (χ0v) is 13.3. The minimum Gasteiger partial charge on any atom is -0.461 e. The van der Waals surface area contributed by atoms with Crippen molar-refractivity contribution >= 4 is 23.2 Å². The topological polar surface area (TPSA) is 25.2 Å². The van der Waals surface area contributed by atoms with Crippen molar-refractivity contribution in [3.63, 3.8) is 0 Å². The summed E-state index contributed by atoms with van der Waals surface area (Å²) in [5.41, 5.74) is 0.872. The normalized spacial score (nSPS) is 12.6. The standard InChI is InChI=1S/C16H19Cl2NO/c1-3-8-19-11(2)9-13-5-7-16(20-13)14-6-4-12(17)10-15(14)18/h4-7,10-11,19H,3,8-9H2,1-2H3. The van der Waals surface area contributed by atoms with Crippen LogP contribution < -0.4 is 5.32 Å². The average Bonchev–Trinajstić information content (AvgIpc) is 2.84. The smallest absolute Gasteiger partial charge is 0.135 e. The fraction of sp³-hybridized carbons (Fsp3) is 0.375. The molecule has 1 unspecified atom stereocenters. The molecule has 4 heteroatoms. The maximum atomic E-state index is 6.19. The van der Waals surface area contributed by atoms with Crippen LogP contribution in [0.1, 0.15) is 26.0 Å². The van der Waals surface area contributed by atoms with Crippen LogP contribution in [0.2, 0.25) is 10.0 Å². The van der Waals surface area contributed by atoms with Crippen LogP contribution in [0, 0.1) is 0 Å². The van der Waals surface area contributed by atoms with E-state index in [1.54, 1.807) is 6.07 Å². The molecule has 1 aromatic carbocycles. The Morgan fingerprint density at radius 3 is 2.70 bits per heavy atom. The molecule has 0 aliphatic heterocycles. The van der Waals surface area contributed by atoms with Crippen LogP contribution in [0.15, 0.2) is 34.7 Å². The minimum absolute atomic E-state index is 0.398. The van der Waals surface area contributed by atoms with Crippen LogP contribution in [-0.2, 0) is 6.42 Å². The Kier molecular flexibility index (Phi) is 5.53. The van der Waals surface area contributed by atoms with E-state index in [1.807, 2.05) is 24.3 Å². The van der Waals surface area contributed by atoms with Crippen molar-refractivity contribution in [3.05, 3.63) is 46.1 Å². The molecule has 0 bridgehead atoms. The molecule has 0 fully saturated rings. The quantitative estimate of drug-likeness (QED) is 0.794. The fourth-order valence-corrected chi connectivity index (χ4v) is 2.59. The molecule has 1 heterocycles. The molecule has 0 radical (unpaired) electrons. The molecule has 1 N–H and O–H groups in total. The molecule has 20 heavy (non-hydrogen) atoms. The Labute approximate surface area is 130 Å². The SMILES string of the molecule is CCCNC(C)Cc1ccc(-c2ccc(Cl)cc2Cl)o1. The van der Waals surface area contributed by atoms with Gasteiger partial charge in [-0.1, -0.05) is 30.1 Å². The Bertz CT molecular complexity index is 565. The number of halogens is 2. The highest BCUT2D eigenvalue weighted by atomic mass is 35.5. The molecule has 0 saturated carbocycles. The van der Waals surface area contributed by atoms with Crippen LogP contribution >= 0.6 is 23.2 Å². The van der Waals surface area contributed by atoms with Gasteiger partial charge in [0, 0.05) is 23.0 Å². The van der Waals surface area contributed by atoms with E-state index in [1.165, 1.54) is 0 Å². The summed E-state index contributed by atoms with van der Waals surface area (Å²) in [4.78, 5) is 0. The first-order chi connectivity index (χ1) is 9.60. The van der Waals surface area contributed by atoms with E-state index >= 15 is 0 Å². The third kappa shape index (κ3) is 4.02. The van der Waals surface area contributed by atoms with E-state index in [-0.39, 0.29) is 0 Å². The Morgan fingerprint density at radius 1 is 1.20 bits per heavy atom. The summed E-state index contributed by atoms with van der Waals surface area (Å²) in [6, 6.07) is 9.78. The number of furan rings is 1. The number of hydrogen-bond acceptors (Lipinski definition) is 2. The highest BCUT2D eigenvalue weighted by Gasteiger charge is 2.11. The summed E-state index contributed by atoms with van der Waals surface area (Å²) < 4.78 is 5.87. The van der Waals surface area contributed by atoms with Crippen molar-refractivity contribution in [2.24, 2.45) is 0 Å². The van der Waals surface area contributed by atoms with Crippen molar-refractivity contribution in [2.45, 2.75) is 32.7 Å². The molecule has 2 aromatic rings. The van der Waals surface area contributed by atoms with Gasteiger partial charge in [-0.3, -0.25) is 0 Å². The summed E-state index contributed by atoms with van der Waals surface area (Å²) in [6.45, 7) is 5.35. The van der Waals surface area contributed by atoms with Gasteiger partial charge in [0.2, 0.25) is 0 Å². The number of rotatable bonds is 6. The average molecular weight is 312 g/mol. The lowest BCUT2D eigenvalue weighted by molar-refractivity contribution is 0.464. The summed E-state index contributed by atoms with van der Waals surface area (Å²) in [5.74, 6) is 1.74. The predicted octanol–water partition coefficient (Wildman–Crippen LogP) is 5.18. The van der Waals surface area contributed by atoms with Gasteiger partial charge in [-0.25, -0.2) is 0 Å². The van der Waals surface area contributed by atoms with E-state index < -0.39 is 0 Å². The van der Waals surface area contributed by atoms with E-state index in [9.17, 15) is 0 Å². The van der Waals surface area contributed by atoms with Crippen molar-refractivity contribution in [1.29, 1.82) is 0 Å². The number of benzene rings is 1. The molecule has 2 rings (SSSR count). The molecular weight excluding hydrogens is 293 g/mol. The second kappa shape index (κ2) is 7.16. The Hall–Kier alpha value is -0.960. The first-order valence-corrected chi connectivity index (χ1v) is 7.63. The van der Waals surface area contributed by atoms with Gasteiger partial charge >= 0.3 is 0 Å². The molecular formula is C16H19Cl2NO. The molecule has 0 spiro atoms. The molecule has 0 saturated heterocycles. The van der Waals surface area contributed by atoms with Gasteiger partial charge in [-0.05, 0) is 50.2 Å². The van der Waals surface area contributed by atoms with Gasteiger partial charge in [-0.2, -0.15) is 0 Å². The maximum absolute atomic E-state index is 6.19. The van der Waals surface area contributed by atoms with E-state index in [0.717, 1.165) is 36.5 Å². The highest BCUT2D eigenvalue weighted by molar-refractivity contribution is 6.36. The molecule has 0 aliphatic rings. The van der Waals surface area contributed by atoms with Gasteiger partial charge in [0.15, 0.2) is 0 Å². The summed E-state index contributed by atoms with van der Waals surface area (Å²) in [5, 5.41) is 4.68. The number of hydrogen-bond donors (Lipinski definition) is 1. The molecule has 108 valence electrons. The van der Waals surface area contributed by atoms with Gasteiger partial charge < -0.3 is 9.73 Å². The molecule has 1 aromatic heterocycles. The van der Waals surface area contributed by atoms with Gasteiger partial charge in [-0.15, -0.1) is 0 Å². The lowest BCUT2D eigenvalue weighted by Gasteiger charge is -2.11. The number of nitrogens with one attached hydrogen (secondary N) is 1. The lowest BCUT2D eigenvalue weighted by atomic mass is 10.2. The van der Waals surface area contributed by atoms with Gasteiger partial charge in [0.05, 0.1) is 5.02 Å². The van der Waals surface area contributed by atoms with E-state index in [2.05, 4.69) is 19.2 Å². The monoisotopic (exact) mass is 311 g/mol. The fourth-order valence-electron chi connectivity index (χ4n) is 2.09. The van der Waals surface area contributed by atoms with Crippen molar-refractivity contribution < 1.29 is 4.42 Å². The predicted molar refractivity (Wildman–Crippen MR) is 85.6 cm³/mol. The molecule has 1 atom stereocenters. The van der Waals surface area contributed by atoms with E-state index in [4.69, 9.17) is 27.6 Å². The zero-order valence-electron chi connectivity index (χ0n) is 11.7. The van der Waals surface area contributed by atoms with Crippen molar-refractivity contribution in [2.75, 3.05) is 6.54 Å². The second-order valence-corrected chi connectivity index (χ2v) is 5.79. The van der Waals surface area contributed by atoms with E-state index in [0.29, 0.717) is 16.1 Å².